The van der Waals surface area contributed by atoms with Crippen LogP contribution in [0.4, 0.5) is 5.69 Å². The van der Waals surface area contributed by atoms with E-state index >= 15 is 0 Å². The second-order valence-corrected chi connectivity index (χ2v) is 8.42. The lowest BCUT2D eigenvalue weighted by atomic mass is 9.91. The first-order valence-corrected chi connectivity index (χ1v) is 9.60. The van der Waals surface area contributed by atoms with Crippen molar-refractivity contribution in [2.24, 2.45) is 0 Å². The summed E-state index contributed by atoms with van der Waals surface area (Å²) in [5.74, 6) is 0. The SMILES string of the molecule is Nc1ccc2c(c1)-c1cccc3c1CN(Cc1ccccc1-3)S2(=O)=O. The smallest absolute Gasteiger partial charge is 0.244 e. The van der Waals surface area contributed by atoms with Crippen LogP contribution in [-0.2, 0) is 23.1 Å². The van der Waals surface area contributed by atoms with Crippen LogP contribution in [-0.4, -0.2) is 12.7 Å². The summed E-state index contributed by atoms with van der Waals surface area (Å²) < 4.78 is 28.2. The maximum atomic E-state index is 13.3. The molecule has 0 aliphatic carbocycles. The second-order valence-electron chi connectivity index (χ2n) is 6.52. The van der Waals surface area contributed by atoms with Gasteiger partial charge in [-0.2, -0.15) is 4.31 Å². The van der Waals surface area contributed by atoms with Crippen molar-refractivity contribution in [3.8, 4) is 22.3 Å². The van der Waals surface area contributed by atoms with E-state index in [1.54, 1.807) is 22.5 Å². The maximum absolute atomic E-state index is 13.3. The van der Waals surface area contributed by atoms with Crippen LogP contribution >= 0.6 is 0 Å². The Balaban J connectivity index is 1.96. The first-order chi connectivity index (χ1) is 12.1. The predicted octanol–water partition coefficient (Wildman–Crippen LogP) is 3.62. The summed E-state index contributed by atoms with van der Waals surface area (Å²) in [5.41, 5.74) is 12.4. The van der Waals surface area contributed by atoms with Crippen LogP contribution in [0.3, 0.4) is 0 Å². The van der Waals surface area contributed by atoms with Gasteiger partial charge in [-0.1, -0.05) is 42.5 Å². The lowest BCUT2D eigenvalue weighted by Gasteiger charge is -2.20. The molecule has 1 atom stereocenters. The summed E-state index contributed by atoms with van der Waals surface area (Å²) in [6.07, 6.45) is 0. The van der Waals surface area contributed by atoms with Gasteiger partial charge in [0, 0.05) is 24.3 Å². The number of benzene rings is 3. The summed E-state index contributed by atoms with van der Waals surface area (Å²) >= 11 is 0. The van der Waals surface area contributed by atoms with Crippen molar-refractivity contribution in [2.75, 3.05) is 5.73 Å². The van der Waals surface area contributed by atoms with Crippen LogP contribution in [0, 0.1) is 0 Å². The third-order valence-electron chi connectivity index (χ3n) is 5.08. The summed E-state index contributed by atoms with van der Waals surface area (Å²) in [4.78, 5) is 0.331. The molecule has 2 aliphatic rings. The van der Waals surface area contributed by atoms with Gasteiger partial charge in [0.15, 0.2) is 0 Å². The van der Waals surface area contributed by atoms with Crippen molar-refractivity contribution in [1.82, 2.24) is 4.31 Å². The van der Waals surface area contributed by atoms with Gasteiger partial charge in [-0.3, -0.25) is 0 Å². The minimum atomic E-state index is -3.60. The number of hydrogen-bond acceptors (Lipinski definition) is 3. The summed E-state index contributed by atoms with van der Waals surface area (Å²) in [7, 11) is -3.60. The standard InChI is InChI=1S/C20H16N2O2S/c21-14-8-9-20-18(10-14)17-7-3-6-16-15-5-2-1-4-13(15)11-22(12-19(16)17)25(20,23)24/h1-10H,11-12,21H2. The van der Waals surface area contributed by atoms with Crippen molar-refractivity contribution < 1.29 is 8.42 Å². The van der Waals surface area contributed by atoms with Gasteiger partial charge in [0.2, 0.25) is 10.0 Å². The Bertz CT molecular complexity index is 1140. The van der Waals surface area contributed by atoms with Gasteiger partial charge in [-0.05, 0) is 46.0 Å². The van der Waals surface area contributed by atoms with Crippen molar-refractivity contribution in [3.63, 3.8) is 0 Å². The second kappa shape index (κ2) is 4.94. The van der Waals surface area contributed by atoms with Crippen LogP contribution in [0.5, 0.6) is 0 Å². The number of fused-ring (bicyclic) bond motifs is 5. The molecular weight excluding hydrogens is 332 g/mol. The predicted molar refractivity (Wildman–Crippen MR) is 98.2 cm³/mol. The van der Waals surface area contributed by atoms with Crippen molar-refractivity contribution in [2.45, 2.75) is 18.0 Å². The molecule has 2 bridgehead atoms. The highest BCUT2D eigenvalue weighted by Gasteiger charge is 2.35. The zero-order valence-electron chi connectivity index (χ0n) is 13.4. The van der Waals surface area contributed by atoms with Crippen molar-refractivity contribution >= 4 is 15.7 Å². The molecule has 1 unspecified atom stereocenters. The van der Waals surface area contributed by atoms with E-state index in [1.165, 1.54) is 0 Å². The molecule has 0 aromatic heterocycles. The number of rotatable bonds is 0. The minimum absolute atomic E-state index is 0.331. The van der Waals surface area contributed by atoms with Gasteiger partial charge >= 0.3 is 0 Å². The lowest BCUT2D eigenvalue weighted by Crippen LogP contribution is -2.28. The molecule has 3 aromatic rings. The van der Waals surface area contributed by atoms with Gasteiger partial charge in [-0.25, -0.2) is 8.42 Å². The molecule has 0 amide bonds. The van der Waals surface area contributed by atoms with Crippen LogP contribution in [0.1, 0.15) is 11.1 Å². The topological polar surface area (TPSA) is 63.4 Å². The Morgan fingerprint density at radius 1 is 0.800 bits per heavy atom. The number of anilines is 1. The number of nitrogens with zero attached hydrogens (tertiary/aromatic N) is 1. The molecule has 0 saturated heterocycles. The summed E-state index contributed by atoms with van der Waals surface area (Å²) in [6.45, 7) is 0.744. The quantitative estimate of drug-likeness (QED) is 0.631. The van der Waals surface area contributed by atoms with Gasteiger partial charge < -0.3 is 5.73 Å². The normalized spacial score (nSPS) is 19.3. The van der Waals surface area contributed by atoms with Crippen molar-refractivity contribution in [3.05, 3.63) is 71.8 Å². The minimum Gasteiger partial charge on any atom is -0.399 e. The molecule has 124 valence electrons. The van der Waals surface area contributed by atoms with Gasteiger partial charge in [-0.15, -0.1) is 0 Å². The number of nitrogen functional groups attached to an aromatic ring is 1. The third-order valence-corrected chi connectivity index (χ3v) is 6.93. The molecule has 25 heavy (non-hydrogen) atoms. The van der Waals surface area contributed by atoms with Crippen LogP contribution in [0.2, 0.25) is 0 Å². The maximum Gasteiger partial charge on any atom is 0.244 e. The Morgan fingerprint density at radius 3 is 2.36 bits per heavy atom. The van der Waals surface area contributed by atoms with Gasteiger partial charge in [0.25, 0.3) is 0 Å². The molecule has 0 fully saturated rings. The Hall–Kier alpha value is -2.63. The van der Waals surface area contributed by atoms with Gasteiger partial charge in [0.1, 0.15) is 0 Å². The number of hydrogen-bond donors (Lipinski definition) is 1. The number of nitrogens with two attached hydrogens (primary N) is 1. The third kappa shape index (κ3) is 2.00. The highest BCUT2D eigenvalue weighted by atomic mass is 32.2. The molecule has 0 saturated carbocycles. The van der Waals surface area contributed by atoms with Crippen LogP contribution in [0.25, 0.3) is 22.3 Å². The van der Waals surface area contributed by atoms with E-state index < -0.39 is 10.0 Å². The molecule has 3 aromatic carbocycles. The Labute approximate surface area is 146 Å². The van der Waals surface area contributed by atoms with E-state index in [0.717, 1.165) is 27.8 Å². The average Bonchev–Trinajstić information content (AvgIpc) is 2.83. The monoisotopic (exact) mass is 348 g/mol. The molecular formula is C20H16N2O2S. The molecule has 0 radical (unpaired) electrons. The van der Waals surface area contributed by atoms with Gasteiger partial charge in [0.05, 0.1) is 4.90 Å². The molecule has 5 rings (SSSR count). The summed E-state index contributed by atoms with van der Waals surface area (Å²) in [6, 6.07) is 19.1. The zero-order chi connectivity index (χ0) is 17.2. The van der Waals surface area contributed by atoms with E-state index in [-0.39, 0.29) is 0 Å². The fourth-order valence-electron chi connectivity index (χ4n) is 3.90. The molecule has 2 heterocycles. The summed E-state index contributed by atoms with van der Waals surface area (Å²) in [5, 5.41) is 0. The lowest BCUT2D eigenvalue weighted by molar-refractivity contribution is 0.407. The molecule has 2 N–H and O–H groups in total. The van der Waals surface area contributed by atoms with E-state index in [9.17, 15) is 8.42 Å². The zero-order valence-corrected chi connectivity index (χ0v) is 14.3. The molecule has 4 nitrogen and oxygen atoms in total. The van der Waals surface area contributed by atoms with E-state index in [0.29, 0.717) is 29.2 Å². The highest BCUT2D eigenvalue weighted by Crippen LogP contribution is 2.44. The van der Waals surface area contributed by atoms with Crippen LogP contribution in [0.15, 0.2) is 65.6 Å². The molecule has 5 heteroatoms. The number of sulfonamides is 1. The van der Waals surface area contributed by atoms with E-state index in [4.69, 9.17) is 5.73 Å². The van der Waals surface area contributed by atoms with E-state index in [2.05, 4.69) is 12.1 Å². The first kappa shape index (κ1) is 14.7. The Morgan fingerprint density at radius 2 is 1.52 bits per heavy atom. The largest absolute Gasteiger partial charge is 0.399 e. The average molecular weight is 348 g/mol. The van der Waals surface area contributed by atoms with E-state index in [1.807, 2.05) is 30.3 Å². The Kier molecular flexibility index (Phi) is 2.90. The van der Waals surface area contributed by atoms with Crippen LogP contribution < -0.4 is 5.73 Å². The molecule has 2 aliphatic heterocycles. The fourth-order valence-corrected chi connectivity index (χ4v) is 5.47. The molecule has 0 spiro atoms. The highest BCUT2D eigenvalue weighted by molar-refractivity contribution is 7.89. The van der Waals surface area contributed by atoms with Crippen molar-refractivity contribution in [1.29, 1.82) is 0 Å². The fraction of sp³-hybridized carbons (Fsp3) is 0.100. The first-order valence-electron chi connectivity index (χ1n) is 8.16.